The molecule has 1 saturated heterocycles. The Hall–Kier alpha value is -2.68. The molecule has 9 nitrogen and oxygen atoms in total. The number of piperidine rings is 1. The lowest BCUT2D eigenvalue weighted by atomic mass is 9.93. The molecule has 0 aliphatic carbocycles. The Morgan fingerprint density at radius 3 is 2.87 bits per heavy atom. The quantitative estimate of drug-likeness (QED) is 0.772. The number of H-pyrrole nitrogens is 1. The van der Waals surface area contributed by atoms with Gasteiger partial charge in [0.05, 0.1) is 17.8 Å². The lowest BCUT2D eigenvalue weighted by Crippen LogP contribution is -2.42. The maximum absolute atomic E-state index is 13.2. The van der Waals surface area contributed by atoms with Crippen LogP contribution < -0.4 is 5.56 Å². The van der Waals surface area contributed by atoms with E-state index in [-0.39, 0.29) is 42.4 Å². The lowest BCUT2D eigenvalue weighted by Gasteiger charge is -2.33. The molecule has 31 heavy (non-hydrogen) atoms. The zero-order valence-electron chi connectivity index (χ0n) is 18.5. The smallest absolute Gasteiger partial charge is 0.277 e. The molecular formula is C22H31N5O4. The van der Waals surface area contributed by atoms with E-state index in [1.807, 2.05) is 24.8 Å². The van der Waals surface area contributed by atoms with Gasteiger partial charge in [-0.3, -0.25) is 19.5 Å². The third-order valence-corrected chi connectivity index (χ3v) is 6.61. The molecule has 4 rings (SSSR count). The number of aromatic nitrogens is 3. The van der Waals surface area contributed by atoms with Crippen LogP contribution >= 0.6 is 0 Å². The molecule has 2 aliphatic heterocycles. The number of carbonyl (C=O) groups is 2. The van der Waals surface area contributed by atoms with Gasteiger partial charge in [-0.15, -0.1) is 0 Å². The Labute approximate surface area is 181 Å². The van der Waals surface area contributed by atoms with Gasteiger partial charge in [-0.1, -0.05) is 13.8 Å². The molecule has 2 aromatic heterocycles. The zero-order chi connectivity index (χ0) is 22.1. The fourth-order valence-corrected chi connectivity index (χ4v) is 4.55. The summed E-state index contributed by atoms with van der Waals surface area (Å²) in [5, 5.41) is 3.23. The number of fused-ring (bicyclic) bond motifs is 2. The highest BCUT2D eigenvalue weighted by atomic mass is 16.5. The summed E-state index contributed by atoms with van der Waals surface area (Å²) in [7, 11) is 1.49. The average molecular weight is 430 g/mol. The highest BCUT2D eigenvalue weighted by Gasteiger charge is 2.29. The Morgan fingerprint density at radius 1 is 1.32 bits per heavy atom. The summed E-state index contributed by atoms with van der Waals surface area (Å²) < 4.78 is 6.42. The number of methoxy groups -OCH3 is 1. The molecular weight excluding hydrogens is 398 g/mol. The zero-order valence-corrected chi connectivity index (χ0v) is 18.5. The van der Waals surface area contributed by atoms with Crippen molar-refractivity contribution in [3.05, 3.63) is 33.4 Å². The fourth-order valence-electron chi connectivity index (χ4n) is 4.55. The van der Waals surface area contributed by atoms with Gasteiger partial charge in [-0.2, -0.15) is 0 Å². The van der Waals surface area contributed by atoms with Gasteiger partial charge < -0.3 is 14.5 Å². The molecule has 2 aliphatic rings. The first kappa shape index (κ1) is 21.5. The molecule has 0 unspecified atom stereocenters. The van der Waals surface area contributed by atoms with Crippen LogP contribution in [0.15, 0.2) is 10.9 Å². The van der Waals surface area contributed by atoms with E-state index in [1.165, 1.54) is 11.6 Å². The Balaban J connectivity index is 1.59. The lowest BCUT2D eigenvalue weighted by molar-refractivity contribution is -0.137. The van der Waals surface area contributed by atoms with Crippen molar-refractivity contribution >= 4 is 17.5 Å². The van der Waals surface area contributed by atoms with Crippen molar-refractivity contribution < 1.29 is 14.3 Å². The molecule has 0 spiro atoms. The van der Waals surface area contributed by atoms with Crippen molar-refractivity contribution in [3.63, 3.8) is 0 Å². The second-order valence-corrected chi connectivity index (χ2v) is 8.68. The molecule has 0 radical (unpaired) electrons. The van der Waals surface area contributed by atoms with E-state index < -0.39 is 0 Å². The molecule has 0 aromatic carbocycles. The number of hydrogen-bond acceptors (Lipinski definition) is 5. The number of aromatic amines is 1. The Morgan fingerprint density at radius 2 is 2.13 bits per heavy atom. The van der Waals surface area contributed by atoms with Crippen LogP contribution in [0.3, 0.4) is 0 Å². The molecule has 4 heterocycles. The van der Waals surface area contributed by atoms with Gasteiger partial charge in [-0.05, 0) is 19.3 Å². The number of hydrogen-bond donors (Lipinski definition) is 1. The number of nitrogens with zero attached hydrogens (tertiary/aromatic N) is 4. The summed E-state index contributed by atoms with van der Waals surface area (Å²) >= 11 is 0. The van der Waals surface area contributed by atoms with Crippen LogP contribution in [0.2, 0.25) is 0 Å². The molecule has 168 valence electrons. The Kier molecular flexibility index (Phi) is 6.13. The molecule has 2 aromatic rings. The molecule has 9 heteroatoms. The summed E-state index contributed by atoms with van der Waals surface area (Å²) in [4.78, 5) is 46.3. The Bertz CT molecular complexity index is 1040. The largest absolute Gasteiger partial charge is 0.375 e. The van der Waals surface area contributed by atoms with E-state index in [4.69, 9.17) is 9.72 Å². The normalized spacial score (nSPS) is 20.0. The van der Waals surface area contributed by atoms with Crippen molar-refractivity contribution in [1.29, 1.82) is 0 Å². The summed E-state index contributed by atoms with van der Waals surface area (Å²) in [6.07, 6.45) is 3.29. The monoisotopic (exact) mass is 429 g/mol. The van der Waals surface area contributed by atoms with Gasteiger partial charge in [0.1, 0.15) is 6.61 Å². The highest BCUT2D eigenvalue weighted by Crippen LogP contribution is 2.28. The number of amides is 2. The highest BCUT2D eigenvalue weighted by molar-refractivity contribution is 5.78. The molecule has 1 N–H and O–H groups in total. The van der Waals surface area contributed by atoms with Crippen LogP contribution in [0.25, 0.3) is 5.65 Å². The standard InChI is InChI=1S/C22H31N5O4/c1-4-14(2)21(29)26-8-5-6-15(11-26)18-10-19-23-17-7-9-25(20(28)13-31-3)12-16(17)22(30)27(19)24-18/h10,14-15,24H,4-9,11-13H2,1-3H3/t14-,15-/m1/s1. The third kappa shape index (κ3) is 4.11. The number of rotatable bonds is 5. The molecule has 2 atom stereocenters. The summed E-state index contributed by atoms with van der Waals surface area (Å²) in [6, 6.07) is 1.94. The van der Waals surface area contributed by atoms with Crippen molar-refractivity contribution in [2.75, 3.05) is 33.4 Å². The van der Waals surface area contributed by atoms with Crippen LogP contribution in [-0.4, -0.2) is 69.6 Å². The van der Waals surface area contributed by atoms with Crippen LogP contribution in [0, 0.1) is 5.92 Å². The second-order valence-electron chi connectivity index (χ2n) is 8.68. The van der Waals surface area contributed by atoms with Gasteiger partial charge in [0.15, 0.2) is 5.65 Å². The van der Waals surface area contributed by atoms with E-state index in [2.05, 4.69) is 5.10 Å². The maximum atomic E-state index is 13.2. The predicted molar refractivity (Wildman–Crippen MR) is 115 cm³/mol. The molecule has 1 fully saturated rings. The van der Waals surface area contributed by atoms with Gasteiger partial charge >= 0.3 is 0 Å². The third-order valence-electron chi connectivity index (χ3n) is 6.61. The number of likely N-dealkylation sites (tertiary alicyclic amines) is 1. The summed E-state index contributed by atoms with van der Waals surface area (Å²) in [5.41, 5.74) is 2.68. The predicted octanol–water partition coefficient (Wildman–Crippen LogP) is 1.31. The van der Waals surface area contributed by atoms with Crippen molar-refractivity contribution in [2.24, 2.45) is 5.92 Å². The minimum atomic E-state index is -0.162. The van der Waals surface area contributed by atoms with Gasteiger partial charge in [0.2, 0.25) is 11.8 Å². The fraction of sp³-hybridized carbons (Fsp3) is 0.636. The summed E-state index contributed by atoms with van der Waals surface area (Å²) in [5.74, 6) is 0.258. The maximum Gasteiger partial charge on any atom is 0.277 e. The molecule has 2 amide bonds. The second kappa shape index (κ2) is 8.82. The first-order valence-electron chi connectivity index (χ1n) is 11.1. The summed E-state index contributed by atoms with van der Waals surface area (Å²) in [6.45, 7) is 6.24. The van der Waals surface area contributed by atoms with Gasteiger partial charge in [0.25, 0.3) is 5.56 Å². The van der Waals surface area contributed by atoms with Crippen molar-refractivity contribution in [3.8, 4) is 0 Å². The van der Waals surface area contributed by atoms with E-state index in [0.717, 1.165) is 37.2 Å². The van der Waals surface area contributed by atoms with Gasteiger partial charge in [0, 0.05) is 56.8 Å². The van der Waals surface area contributed by atoms with E-state index >= 15 is 0 Å². The molecule has 0 saturated carbocycles. The first-order valence-corrected chi connectivity index (χ1v) is 11.1. The minimum absolute atomic E-state index is 0.00649. The van der Waals surface area contributed by atoms with E-state index in [0.29, 0.717) is 30.7 Å². The van der Waals surface area contributed by atoms with Crippen LogP contribution in [0.5, 0.6) is 0 Å². The SMILES string of the molecule is CC[C@@H](C)C(=O)N1CCC[C@@H](c2cc3nc4c(c(=O)n3[nH]2)CN(C(=O)COC)CC4)C1. The van der Waals surface area contributed by atoms with E-state index in [1.54, 1.807) is 4.90 Å². The number of nitrogens with one attached hydrogen (secondary N) is 1. The number of carbonyl (C=O) groups excluding carboxylic acids is 2. The molecule has 0 bridgehead atoms. The van der Waals surface area contributed by atoms with Crippen molar-refractivity contribution in [2.45, 2.75) is 52.0 Å². The van der Waals surface area contributed by atoms with Crippen LogP contribution in [-0.2, 0) is 27.3 Å². The topological polar surface area (TPSA) is 100 Å². The first-order chi connectivity index (χ1) is 14.9. The average Bonchev–Trinajstić information content (AvgIpc) is 3.22. The van der Waals surface area contributed by atoms with Crippen LogP contribution in [0.4, 0.5) is 0 Å². The van der Waals surface area contributed by atoms with E-state index in [9.17, 15) is 14.4 Å². The van der Waals surface area contributed by atoms with Gasteiger partial charge in [-0.25, -0.2) is 9.50 Å². The van der Waals surface area contributed by atoms with Crippen molar-refractivity contribution in [1.82, 2.24) is 24.4 Å². The van der Waals surface area contributed by atoms with Crippen LogP contribution in [0.1, 0.15) is 56.0 Å². The number of ether oxygens (including phenoxy) is 1. The minimum Gasteiger partial charge on any atom is -0.375 e.